The van der Waals surface area contributed by atoms with Gasteiger partial charge in [0.2, 0.25) is 5.95 Å². The number of aryl methyl sites for hydroxylation is 1. The standard InChI is InChI=1S/C20H18F2N4/c1-12-9-19(24-15-7-8-16(21)17(22)11-15)25-20(23-12)26-13(2)10-14-5-3-4-6-18(14)26/h3-9,11,13H,10H2,1-2H3,(H,23,24,25). The molecule has 0 saturated carbocycles. The Bertz CT molecular complexity index is 974. The number of para-hydroxylation sites is 1. The molecular formula is C20H18F2N4. The predicted octanol–water partition coefficient (Wildman–Crippen LogP) is 4.89. The number of anilines is 4. The smallest absolute Gasteiger partial charge is 0.232 e. The van der Waals surface area contributed by atoms with Crippen molar-refractivity contribution in [2.75, 3.05) is 10.2 Å². The monoisotopic (exact) mass is 352 g/mol. The van der Waals surface area contributed by atoms with Gasteiger partial charge >= 0.3 is 0 Å². The van der Waals surface area contributed by atoms with Gasteiger partial charge in [-0.15, -0.1) is 0 Å². The summed E-state index contributed by atoms with van der Waals surface area (Å²) in [5.41, 5.74) is 3.59. The molecule has 0 spiro atoms. The maximum absolute atomic E-state index is 13.4. The highest BCUT2D eigenvalue weighted by molar-refractivity contribution is 5.68. The zero-order valence-corrected chi connectivity index (χ0v) is 14.5. The van der Waals surface area contributed by atoms with Gasteiger partial charge in [-0.25, -0.2) is 13.8 Å². The highest BCUT2D eigenvalue weighted by atomic mass is 19.2. The molecule has 4 rings (SSSR count). The largest absolute Gasteiger partial charge is 0.340 e. The van der Waals surface area contributed by atoms with Crippen molar-refractivity contribution in [2.24, 2.45) is 0 Å². The highest BCUT2D eigenvalue weighted by Crippen LogP contribution is 2.37. The fourth-order valence-corrected chi connectivity index (χ4v) is 3.32. The number of rotatable bonds is 3. The van der Waals surface area contributed by atoms with Gasteiger partial charge in [0, 0.05) is 35.2 Å². The normalized spacial score (nSPS) is 15.8. The number of benzene rings is 2. The Balaban J connectivity index is 1.70. The summed E-state index contributed by atoms with van der Waals surface area (Å²) < 4.78 is 26.6. The average Bonchev–Trinajstić information content (AvgIpc) is 2.93. The van der Waals surface area contributed by atoms with Crippen LogP contribution in [0.1, 0.15) is 18.2 Å². The number of halogens is 2. The topological polar surface area (TPSA) is 41.1 Å². The van der Waals surface area contributed by atoms with Gasteiger partial charge in [-0.2, -0.15) is 4.98 Å². The lowest BCUT2D eigenvalue weighted by molar-refractivity contribution is 0.509. The van der Waals surface area contributed by atoms with Gasteiger partial charge in [-0.3, -0.25) is 0 Å². The molecule has 6 heteroatoms. The number of hydrogen-bond donors (Lipinski definition) is 1. The van der Waals surface area contributed by atoms with E-state index < -0.39 is 11.6 Å². The molecule has 132 valence electrons. The fraction of sp³-hybridized carbons (Fsp3) is 0.200. The predicted molar refractivity (Wildman–Crippen MR) is 98.2 cm³/mol. The molecule has 26 heavy (non-hydrogen) atoms. The quantitative estimate of drug-likeness (QED) is 0.729. The molecule has 0 radical (unpaired) electrons. The first-order valence-corrected chi connectivity index (χ1v) is 8.46. The van der Waals surface area contributed by atoms with E-state index in [4.69, 9.17) is 0 Å². The van der Waals surface area contributed by atoms with E-state index in [0.717, 1.165) is 29.9 Å². The van der Waals surface area contributed by atoms with Crippen LogP contribution in [0.4, 0.5) is 31.9 Å². The Morgan fingerprint density at radius 3 is 2.65 bits per heavy atom. The summed E-state index contributed by atoms with van der Waals surface area (Å²) in [6.45, 7) is 4.02. The molecule has 1 aromatic heterocycles. The van der Waals surface area contributed by atoms with Crippen LogP contribution in [-0.2, 0) is 6.42 Å². The van der Waals surface area contributed by atoms with Crippen LogP contribution in [0.5, 0.6) is 0 Å². The second-order valence-electron chi connectivity index (χ2n) is 6.50. The van der Waals surface area contributed by atoms with Gasteiger partial charge in [0.15, 0.2) is 11.6 Å². The van der Waals surface area contributed by atoms with Crippen molar-refractivity contribution in [3.05, 3.63) is 71.4 Å². The van der Waals surface area contributed by atoms with Crippen molar-refractivity contribution in [1.29, 1.82) is 0 Å². The summed E-state index contributed by atoms with van der Waals surface area (Å²) in [5, 5.41) is 3.03. The summed E-state index contributed by atoms with van der Waals surface area (Å²) >= 11 is 0. The second kappa shape index (κ2) is 6.37. The molecule has 1 unspecified atom stereocenters. The average molecular weight is 352 g/mol. The zero-order valence-electron chi connectivity index (χ0n) is 14.5. The van der Waals surface area contributed by atoms with Crippen LogP contribution in [0, 0.1) is 18.6 Å². The van der Waals surface area contributed by atoms with Crippen LogP contribution in [0.25, 0.3) is 0 Å². The van der Waals surface area contributed by atoms with Crippen molar-refractivity contribution >= 4 is 23.1 Å². The Labute approximate surface area is 150 Å². The number of aromatic nitrogens is 2. The van der Waals surface area contributed by atoms with Crippen LogP contribution >= 0.6 is 0 Å². The van der Waals surface area contributed by atoms with Crippen molar-refractivity contribution < 1.29 is 8.78 Å². The molecule has 0 fully saturated rings. The molecule has 0 saturated heterocycles. The summed E-state index contributed by atoms with van der Waals surface area (Å²) in [7, 11) is 0. The van der Waals surface area contributed by atoms with E-state index in [0.29, 0.717) is 17.5 Å². The number of fused-ring (bicyclic) bond motifs is 1. The van der Waals surface area contributed by atoms with Crippen molar-refractivity contribution in [3.8, 4) is 0 Å². The molecule has 1 aliphatic rings. The lowest BCUT2D eigenvalue weighted by Crippen LogP contribution is -2.26. The van der Waals surface area contributed by atoms with Crippen LogP contribution in [-0.4, -0.2) is 16.0 Å². The van der Waals surface area contributed by atoms with E-state index in [2.05, 4.69) is 39.2 Å². The van der Waals surface area contributed by atoms with Crippen molar-refractivity contribution in [2.45, 2.75) is 26.3 Å². The molecule has 1 aliphatic heterocycles. The summed E-state index contributed by atoms with van der Waals surface area (Å²) in [4.78, 5) is 11.3. The molecule has 0 aliphatic carbocycles. The highest BCUT2D eigenvalue weighted by Gasteiger charge is 2.29. The fourth-order valence-electron chi connectivity index (χ4n) is 3.32. The minimum absolute atomic E-state index is 0.241. The Hall–Kier alpha value is -3.02. The molecule has 1 atom stereocenters. The molecule has 2 aromatic carbocycles. The van der Waals surface area contributed by atoms with Gasteiger partial charge in [0.05, 0.1) is 0 Å². The van der Waals surface area contributed by atoms with Gasteiger partial charge in [0.1, 0.15) is 5.82 Å². The van der Waals surface area contributed by atoms with Gasteiger partial charge in [-0.1, -0.05) is 18.2 Å². The Morgan fingerprint density at radius 1 is 1.04 bits per heavy atom. The molecule has 1 N–H and O–H groups in total. The lowest BCUT2D eigenvalue weighted by Gasteiger charge is -2.23. The molecule has 2 heterocycles. The van der Waals surface area contributed by atoms with Gasteiger partial charge in [-0.05, 0) is 44.0 Å². The maximum atomic E-state index is 13.4. The third kappa shape index (κ3) is 2.98. The lowest BCUT2D eigenvalue weighted by atomic mass is 10.1. The maximum Gasteiger partial charge on any atom is 0.232 e. The Kier molecular flexibility index (Phi) is 4.03. The molecule has 0 bridgehead atoms. The first kappa shape index (κ1) is 16.4. The van der Waals surface area contributed by atoms with Gasteiger partial charge < -0.3 is 10.2 Å². The minimum atomic E-state index is -0.900. The Morgan fingerprint density at radius 2 is 1.85 bits per heavy atom. The van der Waals surface area contributed by atoms with Crippen LogP contribution < -0.4 is 10.2 Å². The molecule has 0 amide bonds. The zero-order chi connectivity index (χ0) is 18.3. The summed E-state index contributed by atoms with van der Waals surface area (Å²) in [6.07, 6.45) is 0.930. The van der Waals surface area contributed by atoms with E-state index in [1.54, 1.807) is 6.07 Å². The third-order valence-corrected chi connectivity index (χ3v) is 4.46. The van der Waals surface area contributed by atoms with Crippen molar-refractivity contribution in [3.63, 3.8) is 0 Å². The molecular weight excluding hydrogens is 334 g/mol. The minimum Gasteiger partial charge on any atom is -0.340 e. The number of nitrogens with one attached hydrogen (secondary N) is 1. The van der Waals surface area contributed by atoms with E-state index >= 15 is 0 Å². The van der Waals surface area contributed by atoms with E-state index in [1.165, 1.54) is 11.6 Å². The number of nitrogens with zero attached hydrogens (tertiary/aromatic N) is 3. The number of hydrogen-bond acceptors (Lipinski definition) is 4. The van der Waals surface area contributed by atoms with Crippen molar-refractivity contribution in [1.82, 2.24) is 9.97 Å². The van der Waals surface area contributed by atoms with Crippen LogP contribution in [0.3, 0.4) is 0 Å². The first-order chi connectivity index (χ1) is 12.5. The first-order valence-electron chi connectivity index (χ1n) is 8.46. The van der Waals surface area contributed by atoms with Crippen LogP contribution in [0.2, 0.25) is 0 Å². The van der Waals surface area contributed by atoms with E-state index in [1.807, 2.05) is 19.1 Å². The summed E-state index contributed by atoms with van der Waals surface area (Å²) in [5.74, 6) is -0.650. The van der Waals surface area contributed by atoms with Gasteiger partial charge in [0.25, 0.3) is 0 Å². The summed E-state index contributed by atoms with van der Waals surface area (Å²) in [6, 6.07) is 13.9. The molecule has 4 nitrogen and oxygen atoms in total. The van der Waals surface area contributed by atoms with E-state index in [9.17, 15) is 8.78 Å². The SMILES string of the molecule is Cc1cc(Nc2ccc(F)c(F)c2)nc(N2c3ccccc3CC2C)n1. The second-order valence-corrected chi connectivity index (χ2v) is 6.50. The van der Waals surface area contributed by atoms with E-state index in [-0.39, 0.29) is 6.04 Å². The third-order valence-electron chi connectivity index (χ3n) is 4.46. The van der Waals surface area contributed by atoms with Crippen LogP contribution in [0.15, 0.2) is 48.5 Å². The molecule has 3 aromatic rings.